The van der Waals surface area contributed by atoms with Gasteiger partial charge in [0.05, 0.1) is 27.9 Å². The molecule has 0 aliphatic heterocycles. The number of hydrogen-bond acceptors (Lipinski definition) is 4. The fourth-order valence-electron chi connectivity index (χ4n) is 2.12. The quantitative estimate of drug-likeness (QED) is 0.750. The molecule has 0 bridgehead atoms. The lowest BCUT2D eigenvalue weighted by atomic mass is 10.2. The number of alkyl halides is 3. The molecule has 0 spiro atoms. The Kier molecular flexibility index (Phi) is 3.12. The predicted octanol–water partition coefficient (Wildman–Crippen LogP) is 4.06. The van der Waals surface area contributed by atoms with Crippen LogP contribution in [0.15, 0.2) is 18.2 Å². The maximum absolute atomic E-state index is 12.7. The first-order chi connectivity index (χ1) is 9.90. The first-order valence-corrected chi connectivity index (χ1v) is 6.89. The highest BCUT2D eigenvalue weighted by Crippen LogP contribution is 2.35. The summed E-state index contributed by atoms with van der Waals surface area (Å²) in [6, 6.07) is 3.47. The molecule has 3 aromatic rings. The van der Waals surface area contributed by atoms with Crippen LogP contribution in [0.1, 0.15) is 11.3 Å². The summed E-state index contributed by atoms with van der Waals surface area (Å²) in [6.45, 7) is 1.83. The molecule has 3 rings (SSSR count). The molecule has 0 amide bonds. The summed E-state index contributed by atoms with van der Waals surface area (Å²) in [7, 11) is 1.76. The molecule has 2 N–H and O–H groups in total. The molecule has 21 heavy (non-hydrogen) atoms. The molecule has 2 heterocycles. The van der Waals surface area contributed by atoms with Gasteiger partial charge in [-0.05, 0) is 36.7 Å². The van der Waals surface area contributed by atoms with Gasteiger partial charge in [-0.3, -0.25) is 0 Å². The first-order valence-electron chi connectivity index (χ1n) is 6.11. The lowest BCUT2D eigenvalue weighted by Gasteiger charge is -2.05. The molecule has 4 nitrogen and oxygen atoms in total. The van der Waals surface area contributed by atoms with E-state index < -0.39 is 11.7 Å². The third kappa shape index (κ3) is 2.35. The van der Waals surface area contributed by atoms with Crippen molar-refractivity contribution in [2.45, 2.75) is 13.1 Å². The van der Waals surface area contributed by atoms with Crippen molar-refractivity contribution in [3.63, 3.8) is 0 Å². The smallest absolute Gasteiger partial charge is 0.378 e. The number of aryl methyl sites for hydroxylation is 1. The number of rotatable bonds is 2. The Hall–Kier alpha value is -2.09. The normalized spacial score (nSPS) is 12.0. The number of nitrogens with one attached hydrogen (secondary N) is 2. The van der Waals surface area contributed by atoms with Crippen LogP contribution < -0.4 is 5.32 Å². The molecular weight excluding hydrogens is 301 g/mol. The standard InChI is InChI=1S/C13H11F3N4S/c1-6-10(12(17-2)21-20-6)11-18-8-4-3-7(13(14,15)16)5-9(8)19-11/h3-5,17H,1-2H3,(H,18,19). The molecule has 0 radical (unpaired) electrons. The van der Waals surface area contributed by atoms with Gasteiger partial charge >= 0.3 is 6.18 Å². The van der Waals surface area contributed by atoms with Crippen LogP contribution in [0.25, 0.3) is 22.4 Å². The van der Waals surface area contributed by atoms with Gasteiger partial charge < -0.3 is 10.3 Å². The number of aromatic amines is 1. The Balaban J connectivity index is 2.15. The largest absolute Gasteiger partial charge is 0.416 e. The van der Waals surface area contributed by atoms with Gasteiger partial charge in [-0.2, -0.15) is 17.5 Å². The minimum Gasteiger partial charge on any atom is -0.378 e. The van der Waals surface area contributed by atoms with Gasteiger partial charge in [-0.25, -0.2) is 4.98 Å². The SMILES string of the molecule is CNc1snc(C)c1-c1nc2ccc(C(F)(F)F)cc2[nH]1. The third-order valence-electron chi connectivity index (χ3n) is 3.14. The predicted molar refractivity (Wildman–Crippen MR) is 76.5 cm³/mol. The molecule has 2 aromatic heterocycles. The summed E-state index contributed by atoms with van der Waals surface area (Å²) in [5, 5.41) is 3.83. The average Bonchev–Trinajstić information content (AvgIpc) is 2.98. The first kappa shape index (κ1) is 13.9. The van der Waals surface area contributed by atoms with Crippen molar-refractivity contribution in [1.29, 1.82) is 0 Å². The van der Waals surface area contributed by atoms with E-state index in [1.54, 1.807) is 7.05 Å². The second-order valence-corrected chi connectivity index (χ2v) is 5.31. The monoisotopic (exact) mass is 312 g/mol. The van der Waals surface area contributed by atoms with Gasteiger partial charge in [0.1, 0.15) is 10.8 Å². The van der Waals surface area contributed by atoms with Gasteiger partial charge in [0.15, 0.2) is 0 Å². The Morgan fingerprint density at radius 1 is 1.29 bits per heavy atom. The zero-order chi connectivity index (χ0) is 15.2. The molecule has 0 fully saturated rings. The summed E-state index contributed by atoms with van der Waals surface area (Å²) in [5.74, 6) is 0.514. The maximum Gasteiger partial charge on any atom is 0.416 e. The number of imidazole rings is 1. The van der Waals surface area contributed by atoms with Crippen molar-refractivity contribution >= 4 is 27.6 Å². The van der Waals surface area contributed by atoms with Crippen LogP contribution in [0.3, 0.4) is 0 Å². The van der Waals surface area contributed by atoms with Crippen LogP contribution in [0.2, 0.25) is 0 Å². The summed E-state index contributed by atoms with van der Waals surface area (Å²) in [5.41, 5.74) is 1.71. The van der Waals surface area contributed by atoms with E-state index in [9.17, 15) is 13.2 Å². The minimum absolute atomic E-state index is 0.354. The van der Waals surface area contributed by atoms with E-state index in [4.69, 9.17) is 0 Å². The third-order valence-corrected chi connectivity index (χ3v) is 4.09. The molecule has 0 aliphatic rings. The number of nitrogens with zero attached hydrogens (tertiary/aromatic N) is 2. The van der Waals surface area contributed by atoms with E-state index in [2.05, 4.69) is 19.7 Å². The van der Waals surface area contributed by atoms with E-state index in [-0.39, 0.29) is 0 Å². The Bertz CT molecular complexity index is 803. The average molecular weight is 312 g/mol. The summed E-state index contributed by atoms with van der Waals surface area (Å²) in [6.07, 6.45) is -4.37. The van der Waals surface area contributed by atoms with Crippen LogP contribution in [0.4, 0.5) is 18.2 Å². The molecule has 110 valence electrons. The fourth-order valence-corrected chi connectivity index (χ4v) is 2.87. The number of hydrogen-bond donors (Lipinski definition) is 2. The number of H-pyrrole nitrogens is 1. The zero-order valence-corrected chi connectivity index (χ0v) is 12.0. The fraction of sp³-hybridized carbons (Fsp3) is 0.231. The summed E-state index contributed by atoms with van der Waals surface area (Å²) >= 11 is 1.29. The van der Waals surface area contributed by atoms with Gasteiger partial charge in [0.2, 0.25) is 0 Å². The van der Waals surface area contributed by atoms with Crippen molar-refractivity contribution in [3.8, 4) is 11.4 Å². The van der Waals surface area contributed by atoms with Crippen LogP contribution in [-0.4, -0.2) is 21.4 Å². The molecule has 0 aliphatic carbocycles. The van der Waals surface area contributed by atoms with Crippen LogP contribution >= 0.6 is 11.5 Å². The molecule has 0 atom stereocenters. The molecule has 1 aromatic carbocycles. The number of halogens is 3. The maximum atomic E-state index is 12.7. The van der Waals surface area contributed by atoms with Crippen molar-refractivity contribution < 1.29 is 13.2 Å². The topological polar surface area (TPSA) is 53.6 Å². The van der Waals surface area contributed by atoms with Crippen LogP contribution in [0.5, 0.6) is 0 Å². The number of benzene rings is 1. The molecule has 8 heteroatoms. The van der Waals surface area contributed by atoms with Crippen LogP contribution in [0, 0.1) is 6.92 Å². The molecule has 0 saturated carbocycles. The number of anilines is 1. The Morgan fingerprint density at radius 3 is 2.71 bits per heavy atom. The van der Waals surface area contributed by atoms with Crippen molar-refractivity contribution in [3.05, 3.63) is 29.5 Å². The second-order valence-electron chi connectivity index (χ2n) is 4.54. The van der Waals surface area contributed by atoms with E-state index in [1.807, 2.05) is 6.92 Å². The van der Waals surface area contributed by atoms with Gasteiger partial charge in [0.25, 0.3) is 0 Å². The second kappa shape index (κ2) is 4.73. The van der Waals surface area contributed by atoms with E-state index in [0.717, 1.165) is 28.4 Å². The van der Waals surface area contributed by atoms with Crippen molar-refractivity contribution in [2.24, 2.45) is 0 Å². The van der Waals surface area contributed by atoms with Gasteiger partial charge in [-0.1, -0.05) is 0 Å². The Labute approximate surface area is 122 Å². The summed E-state index contributed by atoms with van der Waals surface area (Å²) in [4.78, 5) is 7.29. The highest BCUT2D eigenvalue weighted by molar-refractivity contribution is 7.10. The van der Waals surface area contributed by atoms with Gasteiger partial charge in [-0.15, -0.1) is 0 Å². The van der Waals surface area contributed by atoms with E-state index in [1.165, 1.54) is 17.6 Å². The van der Waals surface area contributed by atoms with E-state index in [0.29, 0.717) is 16.9 Å². The highest BCUT2D eigenvalue weighted by atomic mass is 32.1. The van der Waals surface area contributed by atoms with Crippen molar-refractivity contribution in [2.75, 3.05) is 12.4 Å². The zero-order valence-electron chi connectivity index (χ0n) is 11.2. The number of fused-ring (bicyclic) bond motifs is 1. The molecular formula is C13H11F3N4S. The molecule has 0 saturated heterocycles. The van der Waals surface area contributed by atoms with Crippen LogP contribution in [-0.2, 0) is 6.18 Å². The lowest BCUT2D eigenvalue weighted by Crippen LogP contribution is -2.04. The Morgan fingerprint density at radius 2 is 2.05 bits per heavy atom. The molecule has 0 unspecified atom stereocenters. The van der Waals surface area contributed by atoms with Gasteiger partial charge in [0, 0.05) is 7.05 Å². The number of aromatic nitrogens is 3. The lowest BCUT2D eigenvalue weighted by molar-refractivity contribution is -0.137. The highest BCUT2D eigenvalue weighted by Gasteiger charge is 2.30. The summed E-state index contributed by atoms with van der Waals surface area (Å²) < 4.78 is 42.4. The minimum atomic E-state index is -4.37. The van der Waals surface area contributed by atoms with E-state index >= 15 is 0 Å². The van der Waals surface area contributed by atoms with Crippen molar-refractivity contribution in [1.82, 2.24) is 14.3 Å².